The van der Waals surface area contributed by atoms with E-state index < -0.39 is 11.7 Å². The first kappa shape index (κ1) is 36.8. The Kier molecular flexibility index (Phi) is 12.1. The van der Waals surface area contributed by atoms with Gasteiger partial charge in [-0.05, 0) is 115 Å². The SMILES string of the molecule is CCCC1CCCN(c2cc(N(C(=O)OC(C)(C)C)c3ccc4c(c3)C=NC(C)CC4)nc(-c3cccc(OCC(=O)NC(C)C)c3)n2)CC1. The number of anilines is 3. The number of benzene rings is 2. The van der Waals surface area contributed by atoms with Gasteiger partial charge in [0.25, 0.3) is 5.91 Å². The number of hydrogen-bond donors (Lipinski definition) is 1. The Balaban J connectivity index is 1.60. The molecule has 3 heterocycles. The van der Waals surface area contributed by atoms with E-state index in [1.807, 2.05) is 83.3 Å². The molecule has 2 aromatic carbocycles. The van der Waals surface area contributed by atoms with Crippen LogP contribution in [0.2, 0.25) is 0 Å². The first-order valence-electron chi connectivity index (χ1n) is 18.2. The molecule has 1 aromatic heterocycles. The van der Waals surface area contributed by atoms with E-state index in [-0.39, 0.29) is 24.6 Å². The molecule has 268 valence electrons. The number of aliphatic imine (C=N–C) groups is 1. The molecule has 2 aliphatic rings. The van der Waals surface area contributed by atoms with Crippen LogP contribution in [0.25, 0.3) is 11.4 Å². The van der Waals surface area contributed by atoms with Crippen molar-refractivity contribution in [2.75, 3.05) is 29.5 Å². The molecule has 5 rings (SSSR count). The number of amides is 2. The van der Waals surface area contributed by atoms with Crippen LogP contribution in [0, 0.1) is 5.92 Å². The first-order chi connectivity index (χ1) is 23.9. The van der Waals surface area contributed by atoms with E-state index in [1.54, 1.807) is 4.90 Å². The Labute approximate surface area is 297 Å². The zero-order chi connectivity index (χ0) is 35.8. The Hall–Kier alpha value is -4.47. The molecule has 0 bridgehead atoms. The van der Waals surface area contributed by atoms with E-state index in [0.717, 1.165) is 50.2 Å². The highest BCUT2D eigenvalue weighted by molar-refractivity contribution is 5.97. The van der Waals surface area contributed by atoms with Crippen LogP contribution in [0.3, 0.4) is 0 Å². The van der Waals surface area contributed by atoms with Crippen molar-refractivity contribution >= 4 is 35.5 Å². The molecule has 0 saturated carbocycles. The summed E-state index contributed by atoms with van der Waals surface area (Å²) in [6.45, 7) is 15.4. The largest absolute Gasteiger partial charge is 0.484 e. The predicted molar refractivity (Wildman–Crippen MR) is 201 cm³/mol. The van der Waals surface area contributed by atoms with Crippen molar-refractivity contribution in [1.29, 1.82) is 0 Å². The summed E-state index contributed by atoms with van der Waals surface area (Å²) in [5.74, 6) is 2.63. The molecular formula is C40H54N6O4. The zero-order valence-electron chi connectivity index (χ0n) is 30.9. The van der Waals surface area contributed by atoms with Crippen LogP contribution in [0.4, 0.5) is 22.1 Å². The van der Waals surface area contributed by atoms with Crippen LogP contribution < -0.4 is 19.9 Å². The normalized spacial score (nSPS) is 17.8. The quantitative estimate of drug-likeness (QED) is 0.229. The summed E-state index contributed by atoms with van der Waals surface area (Å²) in [7, 11) is 0. The summed E-state index contributed by atoms with van der Waals surface area (Å²) in [6, 6.07) is 15.6. The number of fused-ring (bicyclic) bond motifs is 1. The summed E-state index contributed by atoms with van der Waals surface area (Å²) in [4.78, 5) is 45.2. The fourth-order valence-corrected chi connectivity index (χ4v) is 6.51. The van der Waals surface area contributed by atoms with Crippen LogP contribution >= 0.6 is 0 Å². The fourth-order valence-electron chi connectivity index (χ4n) is 6.51. The first-order valence-corrected chi connectivity index (χ1v) is 18.2. The molecule has 2 aliphatic heterocycles. The van der Waals surface area contributed by atoms with Gasteiger partial charge in [-0.3, -0.25) is 9.79 Å². The molecule has 50 heavy (non-hydrogen) atoms. The van der Waals surface area contributed by atoms with Crippen molar-refractivity contribution in [2.45, 2.75) is 111 Å². The van der Waals surface area contributed by atoms with Gasteiger partial charge in [-0.2, -0.15) is 0 Å². The molecule has 0 spiro atoms. The Bertz CT molecular complexity index is 1670. The molecule has 1 saturated heterocycles. The number of aromatic nitrogens is 2. The van der Waals surface area contributed by atoms with Crippen molar-refractivity contribution in [3.05, 3.63) is 59.7 Å². The molecule has 1 N–H and O–H groups in total. The number of carbonyl (C=O) groups is 2. The molecule has 0 radical (unpaired) electrons. The average Bonchev–Trinajstić information content (AvgIpc) is 3.41. The van der Waals surface area contributed by atoms with Gasteiger partial charge in [0, 0.05) is 43.0 Å². The van der Waals surface area contributed by atoms with Crippen LogP contribution in [-0.2, 0) is 16.0 Å². The molecule has 1 fully saturated rings. The minimum absolute atomic E-state index is 0.0200. The van der Waals surface area contributed by atoms with Gasteiger partial charge in [-0.15, -0.1) is 0 Å². The third kappa shape index (κ3) is 10.0. The lowest BCUT2D eigenvalue weighted by Gasteiger charge is -2.29. The summed E-state index contributed by atoms with van der Waals surface area (Å²) in [6.07, 6.45) is 9.02. The fraction of sp³-hybridized carbons (Fsp3) is 0.525. The lowest BCUT2D eigenvalue weighted by Crippen LogP contribution is -2.35. The minimum Gasteiger partial charge on any atom is -0.484 e. The molecular weight excluding hydrogens is 628 g/mol. The summed E-state index contributed by atoms with van der Waals surface area (Å²) >= 11 is 0. The summed E-state index contributed by atoms with van der Waals surface area (Å²) in [5, 5.41) is 2.85. The highest BCUT2D eigenvalue weighted by atomic mass is 16.6. The van der Waals surface area contributed by atoms with Crippen molar-refractivity contribution in [3.63, 3.8) is 0 Å². The van der Waals surface area contributed by atoms with Crippen LogP contribution in [-0.4, -0.2) is 65.6 Å². The monoisotopic (exact) mass is 682 g/mol. The number of rotatable bonds is 10. The maximum Gasteiger partial charge on any atom is 0.420 e. The second kappa shape index (κ2) is 16.5. The van der Waals surface area contributed by atoms with Gasteiger partial charge in [-0.1, -0.05) is 38.0 Å². The average molecular weight is 683 g/mol. The summed E-state index contributed by atoms with van der Waals surface area (Å²) in [5.41, 5.74) is 2.79. The highest BCUT2D eigenvalue weighted by Gasteiger charge is 2.29. The van der Waals surface area contributed by atoms with E-state index in [0.29, 0.717) is 34.6 Å². The van der Waals surface area contributed by atoms with Gasteiger partial charge in [-0.25, -0.2) is 19.7 Å². The zero-order valence-corrected chi connectivity index (χ0v) is 30.9. The second-order valence-corrected chi connectivity index (χ2v) is 14.9. The van der Waals surface area contributed by atoms with Crippen LogP contribution in [0.5, 0.6) is 5.75 Å². The van der Waals surface area contributed by atoms with E-state index >= 15 is 0 Å². The standard InChI is InChI=1S/C40H54N6O4/c1-8-11-29-12-10-20-45(21-19-29)35-24-36(44-38(43-35)31-13-9-14-34(23-31)49-26-37(47)42-27(2)3)46(39(48)50-40(5,6)7)33-18-17-30-16-15-28(4)41-25-32(30)22-33/h9,13-14,17-18,22-25,27-29H,8,10-12,15-16,19-21,26H2,1-7H3,(H,42,47). The van der Waals surface area contributed by atoms with Gasteiger partial charge in [0.2, 0.25) is 0 Å². The maximum atomic E-state index is 14.2. The van der Waals surface area contributed by atoms with Crippen molar-refractivity contribution in [2.24, 2.45) is 10.9 Å². The molecule has 2 atom stereocenters. The van der Waals surface area contributed by atoms with E-state index in [1.165, 1.54) is 24.8 Å². The van der Waals surface area contributed by atoms with Gasteiger partial charge in [0.1, 0.15) is 23.0 Å². The number of ether oxygens (including phenoxy) is 2. The number of aryl methyl sites for hydroxylation is 1. The van der Waals surface area contributed by atoms with E-state index in [9.17, 15) is 9.59 Å². The van der Waals surface area contributed by atoms with Crippen molar-refractivity contribution in [1.82, 2.24) is 15.3 Å². The van der Waals surface area contributed by atoms with Gasteiger partial charge in [0.15, 0.2) is 12.4 Å². The molecule has 0 aliphatic carbocycles. The maximum absolute atomic E-state index is 14.2. The smallest absolute Gasteiger partial charge is 0.420 e. The molecule has 3 aromatic rings. The summed E-state index contributed by atoms with van der Waals surface area (Å²) < 4.78 is 11.9. The Morgan fingerprint density at radius 1 is 1.04 bits per heavy atom. The highest BCUT2D eigenvalue weighted by Crippen LogP contribution is 2.34. The van der Waals surface area contributed by atoms with E-state index in [2.05, 4.69) is 30.1 Å². The number of nitrogens with one attached hydrogen (secondary N) is 1. The molecule has 10 nitrogen and oxygen atoms in total. The topological polar surface area (TPSA) is 109 Å². The van der Waals surface area contributed by atoms with Crippen LogP contribution in [0.15, 0.2) is 53.5 Å². The molecule has 2 amide bonds. The lowest BCUT2D eigenvalue weighted by atomic mass is 9.96. The van der Waals surface area contributed by atoms with Gasteiger partial charge >= 0.3 is 6.09 Å². The minimum atomic E-state index is -0.733. The number of hydrogen-bond acceptors (Lipinski definition) is 8. The Morgan fingerprint density at radius 3 is 2.62 bits per heavy atom. The van der Waals surface area contributed by atoms with Crippen LogP contribution in [0.1, 0.15) is 98.1 Å². The Morgan fingerprint density at radius 2 is 1.86 bits per heavy atom. The molecule has 2 unspecified atom stereocenters. The van der Waals surface area contributed by atoms with Gasteiger partial charge < -0.3 is 19.7 Å². The third-order valence-corrected chi connectivity index (χ3v) is 8.97. The number of nitrogens with zero attached hydrogens (tertiary/aromatic N) is 5. The lowest BCUT2D eigenvalue weighted by molar-refractivity contribution is -0.123. The third-order valence-electron chi connectivity index (χ3n) is 8.97. The number of carbonyl (C=O) groups excluding carboxylic acids is 2. The second-order valence-electron chi connectivity index (χ2n) is 14.9. The predicted octanol–water partition coefficient (Wildman–Crippen LogP) is 8.28. The van der Waals surface area contributed by atoms with Gasteiger partial charge in [0.05, 0.1) is 5.69 Å². The molecule has 10 heteroatoms. The van der Waals surface area contributed by atoms with E-state index in [4.69, 9.17) is 24.4 Å². The van der Waals surface area contributed by atoms with Crippen molar-refractivity contribution < 1.29 is 19.1 Å². The van der Waals surface area contributed by atoms with Crippen molar-refractivity contribution in [3.8, 4) is 17.1 Å².